The van der Waals surface area contributed by atoms with Gasteiger partial charge in [0.1, 0.15) is 11.6 Å². The number of carbonyl (C=O) groups excluding carboxylic acids is 1. The van der Waals surface area contributed by atoms with E-state index in [-0.39, 0.29) is 29.4 Å². The number of hydrogen-bond donors (Lipinski definition) is 1. The van der Waals surface area contributed by atoms with Gasteiger partial charge in [0.2, 0.25) is 5.91 Å². The summed E-state index contributed by atoms with van der Waals surface area (Å²) in [5.41, 5.74) is 1.80. The van der Waals surface area contributed by atoms with E-state index < -0.39 is 0 Å². The first-order valence-electron chi connectivity index (χ1n) is 7.35. The maximum atomic E-state index is 13.0. The van der Waals surface area contributed by atoms with E-state index >= 15 is 0 Å². The molecule has 0 saturated heterocycles. The standard InChI is InChI=1S/C18H17F2NO/c19-15-5-1-13(2-6-15)11-17(22)21-12-18(9-10-18)14-3-7-16(20)8-4-14/h1-8H,9-12H2,(H,21,22). The summed E-state index contributed by atoms with van der Waals surface area (Å²) < 4.78 is 25.8. The van der Waals surface area contributed by atoms with Crippen molar-refractivity contribution in [3.8, 4) is 0 Å². The molecule has 0 aromatic heterocycles. The Labute approximate surface area is 128 Å². The molecule has 1 N–H and O–H groups in total. The maximum absolute atomic E-state index is 13.0. The number of hydrogen-bond acceptors (Lipinski definition) is 1. The van der Waals surface area contributed by atoms with E-state index in [9.17, 15) is 13.6 Å². The third kappa shape index (κ3) is 3.32. The highest BCUT2D eigenvalue weighted by Gasteiger charge is 2.44. The van der Waals surface area contributed by atoms with Crippen molar-refractivity contribution in [1.29, 1.82) is 0 Å². The Kier molecular flexibility index (Phi) is 3.92. The molecule has 3 rings (SSSR count). The van der Waals surface area contributed by atoms with E-state index in [2.05, 4.69) is 5.32 Å². The number of halogens is 2. The van der Waals surface area contributed by atoms with E-state index in [1.165, 1.54) is 24.3 Å². The molecular weight excluding hydrogens is 284 g/mol. The van der Waals surface area contributed by atoms with Gasteiger partial charge < -0.3 is 5.32 Å². The third-order valence-electron chi connectivity index (χ3n) is 4.21. The van der Waals surface area contributed by atoms with Crippen LogP contribution in [0.15, 0.2) is 48.5 Å². The maximum Gasteiger partial charge on any atom is 0.224 e. The zero-order valence-corrected chi connectivity index (χ0v) is 12.1. The molecule has 1 aliphatic rings. The number of rotatable bonds is 5. The Balaban J connectivity index is 1.56. The minimum absolute atomic E-state index is 0.0494. The van der Waals surface area contributed by atoms with Crippen LogP contribution in [0.4, 0.5) is 8.78 Å². The second-order valence-corrected chi connectivity index (χ2v) is 5.87. The van der Waals surface area contributed by atoms with Gasteiger partial charge in [-0.1, -0.05) is 24.3 Å². The van der Waals surface area contributed by atoms with Crippen LogP contribution in [0.5, 0.6) is 0 Å². The summed E-state index contributed by atoms with van der Waals surface area (Å²) in [6, 6.07) is 12.4. The topological polar surface area (TPSA) is 29.1 Å². The summed E-state index contributed by atoms with van der Waals surface area (Å²) in [7, 11) is 0. The average Bonchev–Trinajstić information content (AvgIpc) is 3.30. The van der Waals surface area contributed by atoms with E-state index in [4.69, 9.17) is 0 Å². The van der Waals surface area contributed by atoms with Crippen molar-refractivity contribution in [2.24, 2.45) is 0 Å². The average molecular weight is 301 g/mol. The second kappa shape index (κ2) is 5.87. The molecule has 2 aromatic carbocycles. The smallest absolute Gasteiger partial charge is 0.224 e. The van der Waals surface area contributed by atoms with Crippen molar-refractivity contribution in [2.45, 2.75) is 24.7 Å². The minimum atomic E-state index is -0.308. The first-order chi connectivity index (χ1) is 10.6. The van der Waals surface area contributed by atoms with Crippen LogP contribution in [-0.4, -0.2) is 12.5 Å². The van der Waals surface area contributed by atoms with Crippen LogP contribution < -0.4 is 5.32 Å². The molecule has 0 heterocycles. The summed E-state index contributed by atoms with van der Waals surface area (Å²) >= 11 is 0. The van der Waals surface area contributed by atoms with E-state index in [1.807, 2.05) is 0 Å². The molecular formula is C18H17F2NO. The summed E-state index contributed by atoms with van der Waals surface area (Å²) in [6.07, 6.45) is 2.23. The molecule has 0 bridgehead atoms. The lowest BCUT2D eigenvalue weighted by Gasteiger charge is -2.16. The Bertz CT molecular complexity index is 660. The van der Waals surface area contributed by atoms with Gasteiger partial charge >= 0.3 is 0 Å². The van der Waals surface area contributed by atoms with E-state index in [0.29, 0.717) is 6.54 Å². The van der Waals surface area contributed by atoms with Crippen molar-refractivity contribution < 1.29 is 13.6 Å². The van der Waals surface area contributed by atoms with Crippen molar-refractivity contribution in [1.82, 2.24) is 5.32 Å². The summed E-state index contributed by atoms with van der Waals surface area (Å²) in [5.74, 6) is -0.641. The number of benzene rings is 2. The van der Waals surface area contributed by atoms with Gasteiger partial charge in [0.25, 0.3) is 0 Å². The van der Waals surface area contributed by atoms with Crippen LogP contribution in [0.2, 0.25) is 0 Å². The summed E-state index contributed by atoms with van der Waals surface area (Å²) in [5, 5.41) is 2.94. The molecule has 2 nitrogen and oxygen atoms in total. The van der Waals surface area contributed by atoms with Gasteiger partial charge in [-0.25, -0.2) is 8.78 Å². The fraction of sp³-hybridized carbons (Fsp3) is 0.278. The molecule has 1 fully saturated rings. The quantitative estimate of drug-likeness (QED) is 0.901. The number of carbonyl (C=O) groups is 1. The van der Waals surface area contributed by atoms with Crippen molar-refractivity contribution in [3.05, 3.63) is 71.3 Å². The van der Waals surface area contributed by atoms with Crippen LogP contribution >= 0.6 is 0 Å². The molecule has 1 amide bonds. The first kappa shape index (κ1) is 14.7. The van der Waals surface area contributed by atoms with Crippen LogP contribution in [0, 0.1) is 11.6 Å². The zero-order chi connectivity index (χ0) is 15.6. The van der Waals surface area contributed by atoms with Gasteiger partial charge in [-0.3, -0.25) is 4.79 Å². The first-order valence-corrected chi connectivity index (χ1v) is 7.35. The van der Waals surface area contributed by atoms with Gasteiger partial charge in [0, 0.05) is 12.0 Å². The zero-order valence-electron chi connectivity index (χ0n) is 12.1. The fourth-order valence-electron chi connectivity index (χ4n) is 2.64. The molecule has 22 heavy (non-hydrogen) atoms. The van der Waals surface area contributed by atoms with Crippen LogP contribution in [0.1, 0.15) is 24.0 Å². The number of nitrogens with one attached hydrogen (secondary N) is 1. The summed E-state index contributed by atoms with van der Waals surface area (Å²) in [4.78, 5) is 12.0. The Morgan fingerprint density at radius 1 is 0.955 bits per heavy atom. The molecule has 114 valence electrons. The highest BCUT2D eigenvalue weighted by Crippen LogP contribution is 2.47. The molecule has 0 spiro atoms. The van der Waals surface area contributed by atoms with Crippen molar-refractivity contribution >= 4 is 5.91 Å². The fourth-order valence-corrected chi connectivity index (χ4v) is 2.64. The molecule has 0 aliphatic heterocycles. The normalized spacial score (nSPS) is 15.4. The van der Waals surface area contributed by atoms with E-state index in [1.54, 1.807) is 24.3 Å². The van der Waals surface area contributed by atoms with Gasteiger partial charge in [-0.15, -0.1) is 0 Å². The SMILES string of the molecule is O=C(Cc1ccc(F)cc1)NCC1(c2ccc(F)cc2)CC1. The predicted molar refractivity (Wildman–Crippen MR) is 80.4 cm³/mol. The second-order valence-electron chi connectivity index (χ2n) is 5.87. The highest BCUT2D eigenvalue weighted by molar-refractivity contribution is 5.78. The molecule has 1 saturated carbocycles. The van der Waals surface area contributed by atoms with Gasteiger partial charge in [-0.2, -0.15) is 0 Å². The van der Waals surface area contributed by atoms with Gasteiger partial charge in [0.05, 0.1) is 6.42 Å². The Morgan fingerprint density at radius 3 is 2.05 bits per heavy atom. The third-order valence-corrected chi connectivity index (χ3v) is 4.21. The minimum Gasteiger partial charge on any atom is -0.355 e. The molecule has 1 aliphatic carbocycles. The van der Waals surface area contributed by atoms with E-state index in [0.717, 1.165) is 24.0 Å². The van der Waals surface area contributed by atoms with Crippen molar-refractivity contribution in [3.63, 3.8) is 0 Å². The van der Waals surface area contributed by atoms with Gasteiger partial charge in [0.15, 0.2) is 0 Å². The molecule has 0 atom stereocenters. The molecule has 0 unspecified atom stereocenters. The number of amides is 1. The lowest BCUT2D eigenvalue weighted by Crippen LogP contribution is -2.33. The monoisotopic (exact) mass is 301 g/mol. The Hall–Kier alpha value is -2.23. The lowest BCUT2D eigenvalue weighted by atomic mass is 9.96. The van der Waals surface area contributed by atoms with Crippen LogP contribution in [-0.2, 0) is 16.6 Å². The molecule has 0 radical (unpaired) electrons. The highest BCUT2D eigenvalue weighted by atomic mass is 19.1. The lowest BCUT2D eigenvalue weighted by molar-refractivity contribution is -0.120. The largest absolute Gasteiger partial charge is 0.355 e. The molecule has 2 aromatic rings. The van der Waals surface area contributed by atoms with Gasteiger partial charge in [-0.05, 0) is 48.2 Å². The van der Waals surface area contributed by atoms with Crippen molar-refractivity contribution in [2.75, 3.05) is 6.54 Å². The predicted octanol–water partition coefficient (Wildman–Crippen LogP) is 3.36. The van der Waals surface area contributed by atoms with Crippen LogP contribution in [0.3, 0.4) is 0 Å². The van der Waals surface area contributed by atoms with Crippen LogP contribution in [0.25, 0.3) is 0 Å². The molecule has 4 heteroatoms. The summed E-state index contributed by atoms with van der Waals surface area (Å²) in [6.45, 7) is 0.554. The Morgan fingerprint density at radius 2 is 1.50 bits per heavy atom.